The topological polar surface area (TPSA) is 65.8 Å². The smallest absolute Gasteiger partial charge is 0.294 e. The van der Waals surface area contributed by atoms with Crippen LogP contribution in [0.25, 0.3) is 0 Å². The molecule has 2 aromatic rings. The number of hydrogen-bond donors (Lipinski definition) is 0. The van der Waals surface area contributed by atoms with Gasteiger partial charge < -0.3 is 9.80 Å². The van der Waals surface area contributed by atoms with Gasteiger partial charge in [-0.1, -0.05) is 17.7 Å². The quantitative estimate of drug-likeness (QED) is 0.548. The summed E-state index contributed by atoms with van der Waals surface area (Å²) < 4.78 is 0. The number of halogens is 1. The second kappa shape index (κ2) is 8.97. The summed E-state index contributed by atoms with van der Waals surface area (Å²) >= 11 is 5.98. The monoisotopic (exact) mass is 415 g/mol. The van der Waals surface area contributed by atoms with E-state index >= 15 is 0 Å². The number of benzene rings is 1. The molecule has 2 aliphatic heterocycles. The van der Waals surface area contributed by atoms with E-state index in [0.29, 0.717) is 16.6 Å². The number of anilines is 2. The molecule has 2 saturated heterocycles. The van der Waals surface area contributed by atoms with Gasteiger partial charge in [-0.25, -0.2) is 4.98 Å². The molecule has 0 bridgehead atoms. The fourth-order valence-corrected chi connectivity index (χ4v) is 4.57. The van der Waals surface area contributed by atoms with Gasteiger partial charge in [0.05, 0.1) is 4.92 Å². The predicted octanol–water partition coefficient (Wildman–Crippen LogP) is 3.68. The number of aromatic nitrogens is 1. The average Bonchev–Trinajstić information content (AvgIpc) is 2.75. The molecule has 1 aromatic carbocycles. The molecule has 0 N–H and O–H groups in total. The number of nitro benzene ring substituents is 1. The van der Waals surface area contributed by atoms with E-state index in [9.17, 15) is 10.1 Å². The van der Waals surface area contributed by atoms with Crippen molar-refractivity contribution in [2.24, 2.45) is 5.92 Å². The van der Waals surface area contributed by atoms with Crippen LogP contribution in [-0.2, 0) is 0 Å². The highest BCUT2D eigenvalue weighted by Crippen LogP contribution is 2.34. The van der Waals surface area contributed by atoms with Crippen LogP contribution in [0.3, 0.4) is 0 Å². The van der Waals surface area contributed by atoms with Gasteiger partial charge in [-0.15, -0.1) is 0 Å². The summed E-state index contributed by atoms with van der Waals surface area (Å²) in [5.41, 5.74) is 0.784. The first-order valence-corrected chi connectivity index (χ1v) is 10.5. The molecule has 0 radical (unpaired) electrons. The van der Waals surface area contributed by atoms with Crippen LogP contribution in [0.15, 0.2) is 42.6 Å². The van der Waals surface area contributed by atoms with E-state index in [0.717, 1.165) is 58.1 Å². The van der Waals surface area contributed by atoms with Crippen molar-refractivity contribution in [2.75, 3.05) is 55.6 Å². The van der Waals surface area contributed by atoms with Crippen LogP contribution in [-0.4, -0.2) is 60.6 Å². The van der Waals surface area contributed by atoms with Crippen molar-refractivity contribution in [3.05, 3.63) is 57.7 Å². The van der Waals surface area contributed by atoms with Crippen molar-refractivity contribution in [3.63, 3.8) is 0 Å². The number of pyridine rings is 1. The Morgan fingerprint density at radius 1 is 1.10 bits per heavy atom. The first kappa shape index (κ1) is 19.9. The molecular weight excluding hydrogens is 390 g/mol. The first-order valence-electron chi connectivity index (χ1n) is 10.2. The van der Waals surface area contributed by atoms with Gasteiger partial charge in [-0.05, 0) is 43.0 Å². The van der Waals surface area contributed by atoms with Crippen molar-refractivity contribution in [2.45, 2.75) is 12.8 Å². The Labute approximate surface area is 176 Å². The molecule has 4 rings (SSSR count). The summed E-state index contributed by atoms with van der Waals surface area (Å²) in [5, 5.41) is 11.9. The molecular formula is C21H26ClN5O2. The molecule has 2 aliphatic rings. The number of hydrogen-bond acceptors (Lipinski definition) is 6. The summed E-state index contributed by atoms with van der Waals surface area (Å²) in [7, 11) is 0. The summed E-state index contributed by atoms with van der Waals surface area (Å²) in [4.78, 5) is 22.6. The highest BCUT2D eigenvalue weighted by Gasteiger charge is 2.28. The van der Waals surface area contributed by atoms with Crippen LogP contribution in [0, 0.1) is 16.0 Å². The molecule has 0 amide bonds. The van der Waals surface area contributed by atoms with Crippen LogP contribution in [0.1, 0.15) is 12.8 Å². The van der Waals surface area contributed by atoms with Gasteiger partial charge in [-0.2, -0.15) is 0 Å². The second-order valence-corrected chi connectivity index (χ2v) is 8.26. The van der Waals surface area contributed by atoms with Gasteiger partial charge in [-0.3, -0.25) is 15.0 Å². The zero-order valence-corrected chi connectivity index (χ0v) is 17.2. The van der Waals surface area contributed by atoms with E-state index < -0.39 is 0 Å². The fraction of sp³-hybridized carbons (Fsp3) is 0.476. The molecule has 1 aromatic heterocycles. The minimum Gasteiger partial charge on any atom is -0.366 e. The number of nitro groups is 1. The minimum atomic E-state index is -0.332. The maximum absolute atomic E-state index is 11.5. The molecule has 0 aliphatic carbocycles. The van der Waals surface area contributed by atoms with Gasteiger partial charge in [0.1, 0.15) is 11.5 Å². The largest absolute Gasteiger partial charge is 0.366 e. The van der Waals surface area contributed by atoms with Crippen molar-refractivity contribution in [3.8, 4) is 0 Å². The third kappa shape index (κ3) is 4.79. The lowest BCUT2D eigenvalue weighted by Gasteiger charge is -2.40. The van der Waals surface area contributed by atoms with Gasteiger partial charge in [0.2, 0.25) is 0 Å². The number of piperazine rings is 1. The van der Waals surface area contributed by atoms with Crippen LogP contribution in [0.4, 0.5) is 17.2 Å². The first-order chi connectivity index (χ1) is 14.1. The Balaban J connectivity index is 1.35. The second-order valence-electron chi connectivity index (χ2n) is 7.82. The van der Waals surface area contributed by atoms with E-state index in [-0.39, 0.29) is 10.6 Å². The summed E-state index contributed by atoms with van der Waals surface area (Å²) in [6, 6.07) is 11.0. The third-order valence-electron chi connectivity index (χ3n) is 5.86. The average molecular weight is 416 g/mol. The summed E-state index contributed by atoms with van der Waals surface area (Å²) in [5.74, 6) is 1.56. The minimum absolute atomic E-state index is 0.0992. The lowest BCUT2D eigenvalue weighted by atomic mass is 9.96. The third-order valence-corrected chi connectivity index (χ3v) is 6.09. The Bertz CT molecular complexity index is 842. The lowest BCUT2D eigenvalue weighted by Crippen LogP contribution is -2.50. The number of rotatable bonds is 5. The van der Waals surface area contributed by atoms with Crippen LogP contribution < -0.4 is 9.80 Å². The van der Waals surface area contributed by atoms with Gasteiger partial charge in [0.15, 0.2) is 0 Å². The van der Waals surface area contributed by atoms with E-state index in [1.807, 2.05) is 18.3 Å². The molecule has 29 heavy (non-hydrogen) atoms. The normalized spacial score (nSPS) is 20.7. The zero-order valence-electron chi connectivity index (χ0n) is 16.4. The molecule has 1 atom stereocenters. The molecule has 0 spiro atoms. The molecule has 154 valence electrons. The van der Waals surface area contributed by atoms with Crippen molar-refractivity contribution >= 4 is 28.8 Å². The maximum Gasteiger partial charge on any atom is 0.294 e. The van der Waals surface area contributed by atoms with Gasteiger partial charge in [0, 0.05) is 63.1 Å². The Morgan fingerprint density at radius 2 is 1.93 bits per heavy atom. The zero-order chi connectivity index (χ0) is 20.2. The van der Waals surface area contributed by atoms with E-state index in [1.54, 1.807) is 12.1 Å². The van der Waals surface area contributed by atoms with Crippen molar-refractivity contribution in [1.29, 1.82) is 0 Å². The van der Waals surface area contributed by atoms with Crippen molar-refractivity contribution < 1.29 is 4.92 Å². The summed E-state index contributed by atoms with van der Waals surface area (Å²) in [6.07, 6.45) is 4.06. The highest BCUT2D eigenvalue weighted by molar-refractivity contribution is 6.30. The Kier molecular flexibility index (Phi) is 6.16. The molecule has 7 nitrogen and oxygen atoms in total. The van der Waals surface area contributed by atoms with E-state index in [2.05, 4.69) is 25.8 Å². The van der Waals surface area contributed by atoms with Crippen LogP contribution in [0.2, 0.25) is 5.02 Å². The lowest BCUT2D eigenvalue weighted by molar-refractivity contribution is -0.384. The van der Waals surface area contributed by atoms with Crippen LogP contribution >= 0.6 is 11.6 Å². The number of piperidine rings is 1. The molecule has 0 saturated carbocycles. The highest BCUT2D eigenvalue weighted by atomic mass is 35.5. The van der Waals surface area contributed by atoms with Crippen LogP contribution in [0.5, 0.6) is 0 Å². The Morgan fingerprint density at radius 3 is 2.66 bits per heavy atom. The number of nitrogens with zero attached hydrogens (tertiary/aromatic N) is 5. The van der Waals surface area contributed by atoms with Crippen molar-refractivity contribution in [1.82, 2.24) is 9.88 Å². The van der Waals surface area contributed by atoms with E-state index in [1.165, 1.54) is 12.5 Å². The van der Waals surface area contributed by atoms with Gasteiger partial charge >= 0.3 is 0 Å². The maximum atomic E-state index is 11.5. The standard InChI is InChI=1S/C21H26ClN5O2/c22-18-6-7-19(20(14-18)27(28)29)26-9-3-4-17(16-26)15-24-10-12-25(13-11-24)21-5-1-2-8-23-21/h1-2,5-8,14,17H,3-4,9-13,15-16H2. The molecule has 2 fully saturated rings. The van der Waals surface area contributed by atoms with Gasteiger partial charge in [0.25, 0.3) is 5.69 Å². The molecule has 1 unspecified atom stereocenters. The summed E-state index contributed by atoms with van der Waals surface area (Å²) in [6.45, 7) is 6.75. The molecule has 8 heteroatoms. The molecule has 3 heterocycles. The SMILES string of the molecule is O=[N+]([O-])c1cc(Cl)ccc1N1CCCC(CN2CCN(c3ccccn3)CC2)C1. The predicted molar refractivity (Wildman–Crippen MR) is 116 cm³/mol. The van der Waals surface area contributed by atoms with E-state index in [4.69, 9.17) is 11.6 Å². The fourth-order valence-electron chi connectivity index (χ4n) is 4.41. The Hall–Kier alpha value is -2.38.